The van der Waals surface area contributed by atoms with Crippen molar-refractivity contribution in [2.45, 2.75) is 44.3 Å². The second-order valence-corrected chi connectivity index (χ2v) is 8.87. The maximum atomic E-state index is 5.29. The zero-order valence-corrected chi connectivity index (χ0v) is 18.8. The number of aromatic nitrogens is 4. The van der Waals surface area contributed by atoms with Gasteiger partial charge in [-0.05, 0) is 46.5 Å². The van der Waals surface area contributed by atoms with Gasteiger partial charge in [0.15, 0.2) is 5.82 Å². The van der Waals surface area contributed by atoms with E-state index >= 15 is 0 Å². The van der Waals surface area contributed by atoms with Gasteiger partial charge in [-0.1, -0.05) is 55.3 Å². The standard InChI is InChI=1S/C25H32N6O/c1-32-23-13-11-20(12-14-23)19-31-25(26-27-28-31)24(21-7-3-2-4-8-21)30-17-15-29(16-18-30)22-9-5-6-10-22/h2-4,7-8,11-14,22,24H,5-6,9-10,15-19H2,1H3. The fourth-order valence-electron chi connectivity index (χ4n) is 5.21. The van der Waals surface area contributed by atoms with Gasteiger partial charge in [-0.3, -0.25) is 9.80 Å². The van der Waals surface area contributed by atoms with Gasteiger partial charge in [0.25, 0.3) is 0 Å². The maximum absolute atomic E-state index is 5.29. The van der Waals surface area contributed by atoms with Gasteiger partial charge in [-0.2, -0.15) is 0 Å². The lowest BCUT2D eigenvalue weighted by molar-refractivity contribution is 0.0771. The summed E-state index contributed by atoms with van der Waals surface area (Å²) in [4.78, 5) is 5.25. The molecule has 168 valence electrons. The second kappa shape index (κ2) is 9.79. The van der Waals surface area contributed by atoms with Crippen molar-refractivity contribution < 1.29 is 4.74 Å². The van der Waals surface area contributed by atoms with Crippen LogP contribution in [0.2, 0.25) is 0 Å². The Morgan fingerprint density at radius 3 is 2.34 bits per heavy atom. The Morgan fingerprint density at radius 2 is 1.66 bits per heavy atom. The van der Waals surface area contributed by atoms with Crippen molar-refractivity contribution in [3.8, 4) is 5.75 Å². The van der Waals surface area contributed by atoms with Gasteiger partial charge in [0.05, 0.1) is 19.7 Å². The summed E-state index contributed by atoms with van der Waals surface area (Å²) >= 11 is 0. The minimum Gasteiger partial charge on any atom is -0.497 e. The lowest BCUT2D eigenvalue weighted by atomic mass is 10.0. The van der Waals surface area contributed by atoms with Gasteiger partial charge in [-0.15, -0.1) is 5.10 Å². The smallest absolute Gasteiger partial charge is 0.173 e. The fraction of sp³-hybridized carbons (Fsp3) is 0.480. The molecule has 32 heavy (non-hydrogen) atoms. The van der Waals surface area contributed by atoms with E-state index in [9.17, 15) is 0 Å². The van der Waals surface area contributed by atoms with Crippen LogP contribution >= 0.6 is 0 Å². The molecule has 7 nitrogen and oxygen atoms in total. The van der Waals surface area contributed by atoms with E-state index in [0.29, 0.717) is 6.54 Å². The van der Waals surface area contributed by atoms with Crippen molar-refractivity contribution in [3.05, 3.63) is 71.5 Å². The maximum Gasteiger partial charge on any atom is 0.173 e. The minimum absolute atomic E-state index is 0.0511. The lowest BCUT2D eigenvalue weighted by Gasteiger charge is -2.41. The third-order valence-corrected chi connectivity index (χ3v) is 6.97. The van der Waals surface area contributed by atoms with Crippen LogP contribution in [0.3, 0.4) is 0 Å². The molecule has 1 saturated heterocycles. The fourth-order valence-corrected chi connectivity index (χ4v) is 5.21. The van der Waals surface area contributed by atoms with Crippen LogP contribution in [0.25, 0.3) is 0 Å². The molecule has 0 spiro atoms. The SMILES string of the molecule is COc1ccc(Cn2nnnc2C(c2ccccc2)N2CCN(C3CCCC3)CC2)cc1. The molecule has 0 N–H and O–H groups in total. The van der Waals surface area contributed by atoms with Crippen molar-refractivity contribution in [3.63, 3.8) is 0 Å². The van der Waals surface area contributed by atoms with Crippen molar-refractivity contribution in [2.75, 3.05) is 33.3 Å². The molecule has 2 aromatic carbocycles. The third-order valence-electron chi connectivity index (χ3n) is 6.97. The average Bonchev–Trinajstić information content (AvgIpc) is 3.54. The first kappa shape index (κ1) is 21.1. The molecule has 2 heterocycles. The normalized spacial score (nSPS) is 19.3. The predicted octanol–water partition coefficient (Wildman–Crippen LogP) is 3.38. The van der Waals surface area contributed by atoms with Gasteiger partial charge in [-0.25, -0.2) is 4.68 Å². The van der Waals surface area contributed by atoms with Crippen molar-refractivity contribution in [2.24, 2.45) is 0 Å². The van der Waals surface area contributed by atoms with Crippen LogP contribution in [0.1, 0.15) is 48.7 Å². The van der Waals surface area contributed by atoms with Crippen LogP contribution in [-0.4, -0.2) is 69.3 Å². The summed E-state index contributed by atoms with van der Waals surface area (Å²) in [5.41, 5.74) is 2.39. The van der Waals surface area contributed by atoms with E-state index in [1.54, 1.807) is 7.11 Å². The molecule has 1 saturated carbocycles. The molecule has 5 rings (SSSR count). The molecule has 1 aromatic heterocycles. The number of methoxy groups -OCH3 is 1. The van der Waals surface area contributed by atoms with Crippen LogP contribution < -0.4 is 4.74 Å². The second-order valence-electron chi connectivity index (χ2n) is 8.87. The molecule has 0 bridgehead atoms. The summed E-state index contributed by atoms with van der Waals surface area (Å²) < 4.78 is 7.24. The summed E-state index contributed by atoms with van der Waals surface area (Å²) in [6.07, 6.45) is 5.50. The zero-order valence-electron chi connectivity index (χ0n) is 18.8. The highest BCUT2D eigenvalue weighted by Crippen LogP contribution is 2.30. The topological polar surface area (TPSA) is 59.3 Å². The number of ether oxygens (including phenoxy) is 1. The average molecular weight is 433 g/mol. The molecule has 2 fully saturated rings. The lowest BCUT2D eigenvalue weighted by Crippen LogP contribution is -2.51. The van der Waals surface area contributed by atoms with Crippen molar-refractivity contribution >= 4 is 0 Å². The molecule has 0 radical (unpaired) electrons. The molecule has 7 heteroatoms. The number of hydrogen-bond donors (Lipinski definition) is 0. The summed E-state index contributed by atoms with van der Waals surface area (Å²) in [6, 6.07) is 19.6. The predicted molar refractivity (Wildman–Crippen MR) is 124 cm³/mol. The largest absolute Gasteiger partial charge is 0.497 e. The zero-order chi connectivity index (χ0) is 21.8. The first-order chi connectivity index (χ1) is 15.8. The van der Waals surface area contributed by atoms with Gasteiger partial charge in [0.1, 0.15) is 5.75 Å². The molecule has 2 aliphatic rings. The Bertz CT molecular complexity index is 975. The monoisotopic (exact) mass is 432 g/mol. The molecule has 1 unspecified atom stereocenters. The Labute approximate surface area is 190 Å². The minimum atomic E-state index is 0.0511. The van der Waals surface area contributed by atoms with Crippen molar-refractivity contribution in [1.82, 2.24) is 30.0 Å². The molecular weight excluding hydrogens is 400 g/mol. The van der Waals surface area contributed by atoms with Gasteiger partial charge in [0.2, 0.25) is 0 Å². The number of nitrogens with zero attached hydrogens (tertiary/aromatic N) is 6. The quantitative estimate of drug-likeness (QED) is 0.571. The van der Waals surface area contributed by atoms with Crippen molar-refractivity contribution in [1.29, 1.82) is 0 Å². The van der Waals surface area contributed by atoms with E-state index in [1.807, 2.05) is 16.8 Å². The Morgan fingerprint density at radius 1 is 0.938 bits per heavy atom. The first-order valence-corrected chi connectivity index (χ1v) is 11.7. The van der Waals surface area contributed by atoms with E-state index in [-0.39, 0.29) is 6.04 Å². The number of hydrogen-bond acceptors (Lipinski definition) is 6. The summed E-state index contributed by atoms with van der Waals surface area (Å²) in [7, 11) is 1.69. The highest BCUT2D eigenvalue weighted by atomic mass is 16.5. The number of benzene rings is 2. The van der Waals surface area contributed by atoms with E-state index in [2.05, 4.69) is 67.8 Å². The summed E-state index contributed by atoms with van der Waals surface area (Å²) in [6.45, 7) is 4.94. The van der Waals surface area contributed by atoms with E-state index in [1.165, 1.54) is 31.2 Å². The van der Waals surface area contributed by atoms with Crippen LogP contribution in [-0.2, 0) is 6.54 Å². The van der Waals surface area contributed by atoms with Crippen LogP contribution in [0, 0.1) is 0 Å². The molecule has 1 atom stereocenters. The Kier molecular flexibility index (Phi) is 6.46. The molecular formula is C25H32N6O. The highest BCUT2D eigenvalue weighted by Gasteiger charge is 2.33. The van der Waals surface area contributed by atoms with Gasteiger partial charge in [0, 0.05) is 32.2 Å². The number of tetrazole rings is 1. The van der Waals surface area contributed by atoms with E-state index < -0.39 is 0 Å². The van der Waals surface area contributed by atoms with Gasteiger partial charge >= 0.3 is 0 Å². The third kappa shape index (κ3) is 4.54. The van der Waals surface area contributed by atoms with Crippen LogP contribution in [0.5, 0.6) is 5.75 Å². The highest BCUT2D eigenvalue weighted by molar-refractivity contribution is 5.28. The van der Waals surface area contributed by atoms with E-state index in [0.717, 1.165) is 49.4 Å². The van der Waals surface area contributed by atoms with Crippen LogP contribution in [0.4, 0.5) is 0 Å². The molecule has 1 aliphatic heterocycles. The number of rotatable bonds is 7. The Balaban J connectivity index is 1.38. The van der Waals surface area contributed by atoms with E-state index in [4.69, 9.17) is 4.74 Å². The molecule has 1 aliphatic carbocycles. The first-order valence-electron chi connectivity index (χ1n) is 11.7. The van der Waals surface area contributed by atoms with Crippen LogP contribution in [0.15, 0.2) is 54.6 Å². The van der Waals surface area contributed by atoms with Gasteiger partial charge < -0.3 is 4.74 Å². The Hall–Kier alpha value is -2.77. The molecule has 3 aromatic rings. The summed E-state index contributed by atoms with van der Waals surface area (Å²) in [5, 5.41) is 12.9. The summed E-state index contributed by atoms with van der Waals surface area (Å²) in [5.74, 6) is 1.76. The molecule has 0 amide bonds. The number of piperazine rings is 1.